The van der Waals surface area contributed by atoms with E-state index in [1.54, 1.807) is 29.2 Å². The van der Waals surface area contributed by atoms with Gasteiger partial charge in [0, 0.05) is 35.4 Å². The second-order valence-electron chi connectivity index (χ2n) is 14.0. The van der Waals surface area contributed by atoms with Crippen LogP contribution in [0, 0.1) is 6.92 Å². The molecule has 7 rings (SSSR count). The molecule has 1 aromatic heterocycles. The first-order chi connectivity index (χ1) is 26.7. The van der Waals surface area contributed by atoms with Gasteiger partial charge in [-0.2, -0.15) is 0 Å². The molecule has 0 spiro atoms. The second-order valence-corrected chi connectivity index (χ2v) is 14.0. The van der Waals surface area contributed by atoms with E-state index < -0.39 is 24.2 Å². The molecule has 3 N–H and O–H groups in total. The molecule has 5 amide bonds. The van der Waals surface area contributed by atoms with E-state index in [-0.39, 0.29) is 30.0 Å². The number of rotatable bonds is 10. The molecule has 3 heterocycles. The minimum atomic E-state index is -1.01. The summed E-state index contributed by atoms with van der Waals surface area (Å²) in [5.41, 5.74) is 4.97. The molecule has 2 aliphatic rings. The number of hydrogen-bond donors (Lipinski definition) is 3. The average Bonchev–Trinajstić information content (AvgIpc) is 3.99. The SMILES string of the molecule is COC(=O)N[C@@H](C(=O)N1CCC[C@H]1C(=O)Nc1cc(C)c2oc(-c3ccc(NC(=O)[C@@H]4CCCN4C(=O)Cc4ccccc4)cc3)cc2c1)c1ccccc1. The molecule has 0 bridgehead atoms. The van der Waals surface area contributed by atoms with Crippen LogP contribution in [-0.2, 0) is 30.3 Å². The summed E-state index contributed by atoms with van der Waals surface area (Å²) in [5, 5.41) is 9.39. The molecule has 12 nitrogen and oxygen atoms in total. The van der Waals surface area contributed by atoms with Gasteiger partial charge in [-0.1, -0.05) is 60.7 Å². The van der Waals surface area contributed by atoms with Gasteiger partial charge in [0.15, 0.2) is 0 Å². The molecular formula is C43H43N5O7. The normalized spacial score (nSPS) is 17.1. The molecule has 2 aliphatic heterocycles. The predicted octanol–water partition coefficient (Wildman–Crippen LogP) is 6.61. The maximum atomic E-state index is 13.8. The number of hydrogen-bond acceptors (Lipinski definition) is 7. The van der Waals surface area contributed by atoms with E-state index in [2.05, 4.69) is 16.0 Å². The number of nitrogens with one attached hydrogen (secondary N) is 3. The Balaban J connectivity index is 1.00. The molecule has 0 aliphatic carbocycles. The van der Waals surface area contributed by atoms with Gasteiger partial charge < -0.3 is 34.9 Å². The van der Waals surface area contributed by atoms with Gasteiger partial charge in [0.1, 0.15) is 29.5 Å². The monoisotopic (exact) mass is 741 g/mol. The third kappa shape index (κ3) is 8.23. The number of anilines is 2. The van der Waals surface area contributed by atoms with Gasteiger partial charge in [0.2, 0.25) is 17.7 Å². The van der Waals surface area contributed by atoms with Gasteiger partial charge in [-0.25, -0.2) is 4.79 Å². The summed E-state index contributed by atoms with van der Waals surface area (Å²) in [6.45, 7) is 2.83. The summed E-state index contributed by atoms with van der Waals surface area (Å²) < 4.78 is 11.0. The molecule has 3 atom stereocenters. The molecule has 282 valence electrons. The Bertz CT molecular complexity index is 2200. The van der Waals surface area contributed by atoms with Crippen molar-refractivity contribution in [2.45, 2.75) is 57.2 Å². The standard InChI is InChI=1S/C43H43N5O7/c1-27-23-33(45-41(51)35-16-10-22-48(35)42(52)38(46-43(53)54-2)30-13-7-4-8-14-30)25-31-26-36(55-39(27)31)29-17-19-32(20-18-29)44-40(50)34-15-9-21-47(34)37(49)24-28-11-5-3-6-12-28/h3-8,11-14,17-20,23,25-26,34-35,38H,9-10,15-16,21-22,24H2,1-2H3,(H,44,50)(H,45,51)(H,46,53)/t34-,35-,38+/m0/s1. The summed E-state index contributed by atoms with van der Waals surface area (Å²) in [5.74, 6) is -0.359. The zero-order chi connectivity index (χ0) is 38.5. The van der Waals surface area contributed by atoms with Crippen molar-refractivity contribution in [2.24, 2.45) is 0 Å². The number of nitrogens with zero attached hydrogens (tertiary/aromatic N) is 2. The lowest BCUT2D eigenvalue weighted by molar-refractivity contribution is -0.138. The number of furan rings is 1. The van der Waals surface area contributed by atoms with Crippen LogP contribution in [0.15, 0.2) is 108 Å². The second kappa shape index (κ2) is 16.3. The number of methoxy groups -OCH3 is 1. The Morgan fingerprint density at radius 3 is 2.05 bits per heavy atom. The van der Waals surface area contributed by atoms with Gasteiger partial charge in [0.05, 0.1) is 13.5 Å². The summed E-state index contributed by atoms with van der Waals surface area (Å²) in [7, 11) is 1.23. The highest BCUT2D eigenvalue weighted by Gasteiger charge is 2.39. The largest absolute Gasteiger partial charge is 0.456 e. The quantitative estimate of drug-likeness (QED) is 0.146. The van der Waals surface area contributed by atoms with Gasteiger partial charge in [-0.3, -0.25) is 19.2 Å². The molecule has 4 aromatic carbocycles. The van der Waals surface area contributed by atoms with Crippen molar-refractivity contribution >= 4 is 52.1 Å². The van der Waals surface area contributed by atoms with Gasteiger partial charge in [-0.05, 0) is 91.8 Å². The number of benzene rings is 4. The highest BCUT2D eigenvalue weighted by Crippen LogP contribution is 2.33. The van der Waals surface area contributed by atoms with E-state index >= 15 is 0 Å². The predicted molar refractivity (Wildman–Crippen MR) is 208 cm³/mol. The van der Waals surface area contributed by atoms with Crippen LogP contribution in [0.5, 0.6) is 0 Å². The minimum Gasteiger partial charge on any atom is -0.456 e. The Kier molecular flexibility index (Phi) is 10.9. The molecule has 0 unspecified atom stereocenters. The van der Waals surface area contributed by atoms with E-state index in [0.717, 1.165) is 28.5 Å². The fourth-order valence-electron chi connectivity index (χ4n) is 7.50. The number of amides is 5. The number of likely N-dealkylation sites (tertiary alicyclic amines) is 2. The van der Waals surface area contributed by atoms with Gasteiger partial charge >= 0.3 is 6.09 Å². The summed E-state index contributed by atoms with van der Waals surface area (Å²) in [6.07, 6.45) is 2.04. The zero-order valence-corrected chi connectivity index (χ0v) is 30.7. The van der Waals surface area contributed by atoms with Gasteiger partial charge in [0.25, 0.3) is 5.91 Å². The van der Waals surface area contributed by atoms with E-state index in [0.29, 0.717) is 60.6 Å². The third-order valence-electron chi connectivity index (χ3n) is 10.2. The highest BCUT2D eigenvalue weighted by molar-refractivity contribution is 6.01. The summed E-state index contributed by atoms with van der Waals surface area (Å²) >= 11 is 0. The highest BCUT2D eigenvalue weighted by atomic mass is 16.5. The molecule has 12 heteroatoms. The molecule has 2 fully saturated rings. The van der Waals surface area contributed by atoms with Crippen LogP contribution in [-0.4, -0.2) is 71.8 Å². The number of aryl methyl sites for hydroxylation is 1. The van der Waals surface area contributed by atoms with Crippen molar-refractivity contribution in [3.05, 3.63) is 120 Å². The first-order valence-electron chi connectivity index (χ1n) is 18.5. The number of ether oxygens (including phenoxy) is 1. The van der Waals surface area contributed by atoms with Crippen LogP contribution in [0.3, 0.4) is 0 Å². The first kappa shape index (κ1) is 36.9. The maximum Gasteiger partial charge on any atom is 0.407 e. The van der Waals surface area contributed by atoms with Crippen LogP contribution >= 0.6 is 0 Å². The van der Waals surface area contributed by atoms with Crippen molar-refractivity contribution in [2.75, 3.05) is 30.8 Å². The topological polar surface area (TPSA) is 150 Å². The first-order valence-corrected chi connectivity index (χ1v) is 18.5. The number of fused-ring (bicyclic) bond motifs is 1. The summed E-state index contributed by atoms with van der Waals surface area (Å²) in [6, 6.07) is 29.1. The van der Waals surface area contributed by atoms with Crippen molar-refractivity contribution in [3.8, 4) is 11.3 Å². The van der Waals surface area contributed by atoms with Crippen LogP contribution in [0.2, 0.25) is 0 Å². The maximum absolute atomic E-state index is 13.8. The number of carbonyl (C=O) groups is 5. The lowest BCUT2D eigenvalue weighted by Crippen LogP contribution is -2.48. The Hall–Kier alpha value is -6.43. The molecule has 0 saturated carbocycles. The van der Waals surface area contributed by atoms with E-state index in [1.165, 1.54) is 12.0 Å². The minimum absolute atomic E-state index is 0.0558. The average molecular weight is 742 g/mol. The fourth-order valence-corrected chi connectivity index (χ4v) is 7.50. The third-order valence-corrected chi connectivity index (χ3v) is 10.2. The molecule has 5 aromatic rings. The van der Waals surface area contributed by atoms with E-state index in [1.807, 2.05) is 85.8 Å². The molecule has 55 heavy (non-hydrogen) atoms. The fraction of sp³-hybridized carbons (Fsp3) is 0.279. The lowest BCUT2D eigenvalue weighted by Gasteiger charge is -2.28. The van der Waals surface area contributed by atoms with E-state index in [4.69, 9.17) is 9.15 Å². The van der Waals surface area contributed by atoms with E-state index in [9.17, 15) is 24.0 Å². The lowest BCUT2D eigenvalue weighted by atomic mass is 10.0. The van der Waals surface area contributed by atoms with Crippen LogP contribution in [0.25, 0.3) is 22.3 Å². The van der Waals surface area contributed by atoms with Crippen molar-refractivity contribution in [3.63, 3.8) is 0 Å². The van der Waals surface area contributed by atoms with Crippen molar-refractivity contribution < 1.29 is 33.1 Å². The van der Waals surface area contributed by atoms with Crippen LogP contribution < -0.4 is 16.0 Å². The van der Waals surface area contributed by atoms with Crippen LogP contribution in [0.4, 0.5) is 16.2 Å². The molecular weight excluding hydrogens is 699 g/mol. The van der Waals surface area contributed by atoms with Crippen molar-refractivity contribution in [1.29, 1.82) is 0 Å². The Labute approximate surface area is 318 Å². The zero-order valence-electron chi connectivity index (χ0n) is 30.7. The molecule has 2 saturated heterocycles. The summed E-state index contributed by atoms with van der Waals surface area (Å²) in [4.78, 5) is 69.1. The number of alkyl carbamates (subject to hydrolysis) is 1. The van der Waals surface area contributed by atoms with Crippen LogP contribution in [0.1, 0.15) is 48.4 Å². The van der Waals surface area contributed by atoms with Crippen molar-refractivity contribution in [1.82, 2.24) is 15.1 Å². The number of carbonyl (C=O) groups excluding carboxylic acids is 5. The van der Waals surface area contributed by atoms with Gasteiger partial charge in [-0.15, -0.1) is 0 Å². The smallest absolute Gasteiger partial charge is 0.407 e. The Morgan fingerprint density at radius 2 is 1.38 bits per heavy atom. The molecule has 0 radical (unpaired) electrons. The Morgan fingerprint density at radius 1 is 0.764 bits per heavy atom.